The van der Waals surface area contributed by atoms with E-state index in [9.17, 15) is 0 Å². The molecule has 0 fully saturated rings. The summed E-state index contributed by atoms with van der Waals surface area (Å²) < 4.78 is 2.43. The third kappa shape index (κ3) is 3.61. The Bertz CT molecular complexity index is 1090. The van der Waals surface area contributed by atoms with Crippen LogP contribution in [0, 0.1) is 0 Å². The Morgan fingerprint density at radius 2 is 1.25 bits per heavy atom. The van der Waals surface area contributed by atoms with Gasteiger partial charge in [-0.1, -0.05) is 62.5 Å². The first-order valence-electron chi connectivity index (χ1n) is 10.8. The molecule has 1 nitrogen and oxygen atoms in total. The Labute approximate surface area is 169 Å². The quantitative estimate of drug-likeness (QED) is 0.368. The highest BCUT2D eigenvalue weighted by atomic mass is 15.0. The first-order chi connectivity index (χ1) is 13.7. The fourth-order valence-electron chi connectivity index (χ4n) is 4.19. The summed E-state index contributed by atoms with van der Waals surface area (Å²) in [6, 6.07) is 23.1. The van der Waals surface area contributed by atoms with E-state index in [1.54, 1.807) is 0 Å². The summed E-state index contributed by atoms with van der Waals surface area (Å²) in [4.78, 5) is 0. The Kier molecular flexibility index (Phi) is 5.57. The number of nitrogens with zero attached hydrogens (tertiary/aromatic N) is 1. The van der Waals surface area contributed by atoms with Crippen molar-refractivity contribution in [3.05, 3.63) is 71.8 Å². The number of hydrogen-bond donors (Lipinski definition) is 0. The van der Waals surface area contributed by atoms with Gasteiger partial charge in [-0.2, -0.15) is 0 Å². The van der Waals surface area contributed by atoms with E-state index in [2.05, 4.69) is 86.9 Å². The van der Waals surface area contributed by atoms with Crippen LogP contribution in [-0.4, -0.2) is 12.4 Å². The molecule has 28 heavy (non-hydrogen) atoms. The minimum atomic E-state index is 1.16. The second-order valence-corrected chi connectivity index (χ2v) is 8.08. The van der Waals surface area contributed by atoms with Gasteiger partial charge in [0.25, 0.3) is 0 Å². The number of hydrogen-bond acceptors (Lipinski definition) is 0. The molecule has 0 spiro atoms. The molecule has 1 heterocycles. The zero-order valence-electron chi connectivity index (χ0n) is 17.5. The molecule has 0 amide bonds. The zero-order chi connectivity index (χ0) is 19.5. The number of unbranched alkanes of at least 4 members (excludes halogenated alkanes) is 2. The summed E-state index contributed by atoms with van der Waals surface area (Å²) in [6.45, 7) is 4.52. The van der Waals surface area contributed by atoms with Gasteiger partial charge in [0.2, 0.25) is 0 Å². The van der Waals surface area contributed by atoms with Crippen molar-refractivity contribution in [2.24, 2.45) is 0 Å². The second-order valence-electron chi connectivity index (χ2n) is 8.08. The summed E-state index contributed by atoms with van der Waals surface area (Å²) in [6.07, 6.45) is 7.33. The molecule has 0 aliphatic heterocycles. The second kappa shape index (κ2) is 8.26. The van der Waals surface area contributed by atoms with Crippen molar-refractivity contribution in [1.29, 1.82) is 0 Å². The Morgan fingerprint density at radius 1 is 0.679 bits per heavy atom. The molecule has 0 N–H and O–H groups in total. The highest BCUT2D eigenvalue weighted by molar-refractivity contribution is 6.33. The molecule has 4 aromatic rings. The van der Waals surface area contributed by atoms with Gasteiger partial charge in [-0.3, -0.25) is 0 Å². The van der Waals surface area contributed by atoms with Gasteiger partial charge in [0.15, 0.2) is 0 Å². The molecule has 0 radical (unpaired) electrons. The molecule has 0 saturated heterocycles. The monoisotopic (exact) mass is 367 g/mol. The van der Waals surface area contributed by atoms with Crippen molar-refractivity contribution in [1.82, 2.24) is 4.57 Å². The zero-order valence-corrected chi connectivity index (χ0v) is 17.5. The van der Waals surface area contributed by atoms with Crippen molar-refractivity contribution >= 4 is 35.1 Å². The molecule has 3 aromatic carbocycles. The molecule has 0 aliphatic carbocycles. The van der Waals surface area contributed by atoms with Crippen molar-refractivity contribution in [2.45, 2.75) is 52.4 Å². The van der Waals surface area contributed by atoms with Gasteiger partial charge in [-0.05, 0) is 67.1 Å². The van der Waals surface area contributed by atoms with E-state index in [0.29, 0.717) is 0 Å². The SMILES string of the molecule is Bc1ccc2c(c1)c1cc(CCCC)ccc1n2-c1ccc(CCCC)cc1. The van der Waals surface area contributed by atoms with E-state index in [1.165, 1.54) is 76.2 Å². The number of fused-ring (bicyclic) bond motifs is 3. The van der Waals surface area contributed by atoms with Crippen LogP contribution >= 0.6 is 0 Å². The molecule has 0 bridgehead atoms. The molecule has 0 atom stereocenters. The predicted molar refractivity (Wildman–Crippen MR) is 126 cm³/mol. The van der Waals surface area contributed by atoms with Crippen LogP contribution in [0.3, 0.4) is 0 Å². The van der Waals surface area contributed by atoms with Gasteiger partial charge >= 0.3 is 0 Å². The van der Waals surface area contributed by atoms with E-state index in [4.69, 9.17) is 0 Å². The molecule has 142 valence electrons. The van der Waals surface area contributed by atoms with Gasteiger partial charge in [0, 0.05) is 16.5 Å². The molecule has 2 heteroatoms. The van der Waals surface area contributed by atoms with E-state index in [-0.39, 0.29) is 0 Å². The number of aryl methyl sites for hydroxylation is 2. The maximum atomic E-state index is 2.43. The number of rotatable bonds is 7. The molecule has 4 rings (SSSR count). The first-order valence-corrected chi connectivity index (χ1v) is 10.8. The van der Waals surface area contributed by atoms with Crippen molar-refractivity contribution < 1.29 is 0 Å². The molecular weight excluding hydrogens is 337 g/mol. The topological polar surface area (TPSA) is 4.93 Å². The fraction of sp³-hybridized carbons (Fsp3) is 0.308. The standard InChI is InChI=1S/C26H30BN/c1-3-5-7-19-9-13-22(14-10-19)28-25-15-11-20(8-6-4-2)17-23(25)24-18-21(27)12-16-26(24)28/h9-18H,3-8,27H2,1-2H3. The van der Waals surface area contributed by atoms with Gasteiger partial charge in [0.05, 0.1) is 11.0 Å². The van der Waals surface area contributed by atoms with Crippen LogP contribution in [0.15, 0.2) is 60.7 Å². The van der Waals surface area contributed by atoms with Crippen LogP contribution in [0.25, 0.3) is 27.5 Å². The largest absolute Gasteiger partial charge is 0.309 e. The van der Waals surface area contributed by atoms with Crippen LogP contribution < -0.4 is 5.46 Å². The van der Waals surface area contributed by atoms with Gasteiger partial charge in [-0.25, -0.2) is 0 Å². The van der Waals surface area contributed by atoms with Gasteiger partial charge in [0.1, 0.15) is 7.85 Å². The highest BCUT2D eigenvalue weighted by Crippen LogP contribution is 2.32. The molecule has 0 unspecified atom stereocenters. The van der Waals surface area contributed by atoms with Crippen LogP contribution in [0.2, 0.25) is 0 Å². The van der Waals surface area contributed by atoms with Crippen molar-refractivity contribution in [2.75, 3.05) is 0 Å². The molecule has 1 aromatic heterocycles. The smallest absolute Gasteiger partial charge is 0.139 e. The minimum absolute atomic E-state index is 1.16. The lowest BCUT2D eigenvalue weighted by Crippen LogP contribution is -2.00. The minimum Gasteiger partial charge on any atom is -0.309 e. The average Bonchev–Trinajstić information content (AvgIpc) is 3.04. The maximum Gasteiger partial charge on any atom is 0.139 e. The van der Waals surface area contributed by atoms with Crippen LogP contribution in [0.5, 0.6) is 0 Å². The first kappa shape index (κ1) is 18.9. The van der Waals surface area contributed by atoms with E-state index >= 15 is 0 Å². The number of benzene rings is 3. The van der Waals surface area contributed by atoms with E-state index in [0.717, 1.165) is 6.42 Å². The van der Waals surface area contributed by atoms with Crippen LogP contribution in [-0.2, 0) is 12.8 Å². The summed E-state index contributed by atoms with van der Waals surface area (Å²) in [5.74, 6) is 0. The average molecular weight is 367 g/mol. The highest BCUT2D eigenvalue weighted by Gasteiger charge is 2.13. The third-order valence-corrected chi connectivity index (χ3v) is 5.82. The maximum absolute atomic E-state index is 2.43. The Balaban J connectivity index is 1.86. The lowest BCUT2D eigenvalue weighted by Gasteiger charge is -2.09. The lowest BCUT2D eigenvalue weighted by atomic mass is 9.94. The fourth-order valence-corrected chi connectivity index (χ4v) is 4.19. The van der Waals surface area contributed by atoms with Crippen molar-refractivity contribution in [3.63, 3.8) is 0 Å². The van der Waals surface area contributed by atoms with Gasteiger partial charge in [-0.15, -0.1) is 0 Å². The normalized spacial score (nSPS) is 11.5. The number of aromatic nitrogens is 1. The van der Waals surface area contributed by atoms with E-state index < -0.39 is 0 Å². The van der Waals surface area contributed by atoms with E-state index in [1.807, 2.05) is 0 Å². The summed E-state index contributed by atoms with van der Waals surface area (Å²) >= 11 is 0. The predicted octanol–water partition coefficient (Wildman–Crippen LogP) is 5.73. The van der Waals surface area contributed by atoms with Crippen molar-refractivity contribution in [3.8, 4) is 5.69 Å². The molecule has 0 aliphatic rings. The Hall–Kier alpha value is -2.48. The summed E-state index contributed by atoms with van der Waals surface area (Å²) in [5, 5.41) is 2.74. The molecular formula is C26H30BN. The summed E-state index contributed by atoms with van der Waals surface area (Å²) in [7, 11) is 2.19. The third-order valence-electron chi connectivity index (χ3n) is 5.82. The molecule has 0 saturated carbocycles. The van der Waals surface area contributed by atoms with Crippen LogP contribution in [0.1, 0.15) is 50.7 Å². The van der Waals surface area contributed by atoms with Gasteiger partial charge < -0.3 is 4.57 Å². The summed E-state index contributed by atoms with van der Waals surface area (Å²) in [5.41, 5.74) is 8.07. The lowest BCUT2D eigenvalue weighted by molar-refractivity contribution is 0.795. The van der Waals surface area contributed by atoms with Crippen LogP contribution in [0.4, 0.5) is 0 Å². The Morgan fingerprint density at radius 3 is 1.93 bits per heavy atom.